The average molecular weight is 464 g/mol. The summed E-state index contributed by atoms with van der Waals surface area (Å²) in [6.45, 7) is -3.07. The molecule has 9 heteroatoms. The molecule has 1 atom stereocenters. The number of carbonyl (C=O) groups is 1. The number of esters is 1. The highest BCUT2D eigenvalue weighted by Gasteiger charge is 2.25. The molecule has 0 aliphatic heterocycles. The second-order valence-electron chi connectivity index (χ2n) is 6.75. The fourth-order valence-electron chi connectivity index (χ4n) is 3.33. The molecule has 3 rings (SSSR count). The monoisotopic (exact) mass is 463 g/mol. The van der Waals surface area contributed by atoms with Crippen molar-refractivity contribution in [2.75, 3.05) is 14.2 Å². The van der Waals surface area contributed by atoms with E-state index in [4.69, 9.17) is 21.1 Å². The lowest BCUT2D eigenvalue weighted by molar-refractivity contribution is -0.144. The Morgan fingerprint density at radius 2 is 1.72 bits per heavy atom. The first-order valence-corrected chi connectivity index (χ1v) is 9.88. The molecule has 0 saturated carbocycles. The third-order valence-electron chi connectivity index (χ3n) is 4.79. The van der Waals surface area contributed by atoms with Gasteiger partial charge in [-0.15, -0.1) is 0 Å². The predicted octanol–water partition coefficient (Wildman–Crippen LogP) is 4.74. The number of methoxy groups -OCH3 is 2. The third kappa shape index (κ3) is 5.26. The van der Waals surface area contributed by atoms with Crippen molar-refractivity contribution in [3.8, 4) is 22.6 Å². The fraction of sp³-hybridized carbons (Fsp3) is 0.217. The molecule has 0 radical (unpaired) electrons. The molecule has 0 aliphatic carbocycles. The molecule has 0 spiro atoms. The summed E-state index contributed by atoms with van der Waals surface area (Å²) >= 11 is 6.04. The van der Waals surface area contributed by atoms with Gasteiger partial charge in [0.25, 0.3) is 5.56 Å². The topological polar surface area (TPSA) is 66.8 Å². The van der Waals surface area contributed by atoms with Gasteiger partial charge in [0, 0.05) is 28.6 Å². The molecule has 6 nitrogen and oxygen atoms in total. The summed E-state index contributed by atoms with van der Waals surface area (Å²) in [5, 5.41) is 0.254. The van der Waals surface area contributed by atoms with Gasteiger partial charge in [-0.1, -0.05) is 41.9 Å². The maximum Gasteiger partial charge on any atom is 0.387 e. The molecule has 0 amide bonds. The van der Waals surface area contributed by atoms with E-state index in [1.54, 1.807) is 0 Å². The van der Waals surface area contributed by atoms with Gasteiger partial charge < -0.3 is 14.2 Å². The number of nitrogens with zero attached hydrogens (tertiary/aromatic N) is 1. The minimum atomic E-state index is -3.07. The first-order chi connectivity index (χ1) is 15.3. The quantitative estimate of drug-likeness (QED) is 0.452. The zero-order chi connectivity index (χ0) is 23.3. The molecule has 1 heterocycles. The second-order valence-corrected chi connectivity index (χ2v) is 7.19. The van der Waals surface area contributed by atoms with Crippen molar-refractivity contribution in [3.05, 3.63) is 81.7 Å². The van der Waals surface area contributed by atoms with Crippen molar-refractivity contribution in [1.29, 1.82) is 0 Å². The van der Waals surface area contributed by atoms with E-state index in [9.17, 15) is 18.4 Å². The van der Waals surface area contributed by atoms with Gasteiger partial charge in [-0.25, -0.2) is 4.79 Å². The van der Waals surface area contributed by atoms with Crippen LogP contribution in [0, 0.1) is 0 Å². The zero-order valence-corrected chi connectivity index (χ0v) is 18.0. The Bertz CT molecular complexity index is 1150. The van der Waals surface area contributed by atoms with E-state index < -0.39 is 24.2 Å². The van der Waals surface area contributed by atoms with E-state index in [2.05, 4.69) is 4.74 Å². The SMILES string of the molecule is COC(=O)C(Cc1ccccc1)n1cc(OC)c(-c2cc(Cl)ccc2OC(F)F)cc1=O. The lowest BCUT2D eigenvalue weighted by atomic mass is 10.0. The Morgan fingerprint density at radius 1 is 1.03 bits per heavy atom. The highest BCUT2D eigenvalue weighted by molar-refractivity contribution is 6.31. The summed E-state index contributed by atoms with van der Waals surface area (Å²) in [6.07, 6.45) is 1.54. The van der Waals surface area contributed by atoms with Crippen LogP contribution in [0.2, 0.25) is 5.02 Å². The van der Waals surface area contributed by atoms with Crippen LogP contribution in [-0.2, 0) is 16.0 Å². The van der Waals surface area contributed by atoms with Gasteiger partial charge in [-0.2, -0.15) is 8.78 Å². The first-order valence-electron chi connectivity index (χ1n) is 9.50. The third-order valence-corrected chi connectivity index (χ3v) is 5.03. The molecule has 0 aliphatic rings. The van der Waals surface area contributed by atoms with Crippen LogP contribution in [0.3, 0.4) is 0 Å². The number of hydrogen-bond donors (Lipinski definition) is 0. The minimum Gasteiger partial charge on any atom is -0.495 e. The molecular formula is C23H20ClF2NO5. The Morgan fingerprint density at radius 3 is 2.34 bits per heavy atom. The van der Waals surface area contributed by atoms with Crippen LogP contribution in [0.15, 0.2) is 65.6 Å². The number of carbonyl (C=O) groups excluding carboxylic acids is 1. The summed E-state index contributed by atoms with van der Waals surface area (Å²) in [4.78, 5) is 25.5. The van der Waals surface area contributed by atoms with Gasteiger partial charge in [-0.3, -0.25) is 9.36 Å². The Labute approximate surface area is 187 Å². The highest BCUT2D eigenvalue weighted by atomic mass is 35.5. The number of benzene rings is 2. The van der Waals surface area contributed by atoms with Crippen LogP contribution in [0.1, 0.15) is 11.6 Å². The zero-order valence-electron chi connectivity index (χ0n) is 17.3. The molecule has 0 N–H and O–H groups in total. The van der Waals surface area contributed by atoms with Crippen LogP contribution in [0.25, 0.3) is 11.1 Å². The molecule has 0 bridgehead atoms. The summed E-state index contributed by atoms with van der Waals surface area (Å²) in [5.74, 6) is -0.628. The molecule has 32 heavy (non-hydrogen) atoms. The number of ether oxygens (including phenoxy) is 3. The van der Waals surface area contributed by atoms with Gasteiger partial charge in [0.05, 0.1) is 20.4 Å². The van der Waals surface area contributed by atoms with Crippen LogP contribution in [0.5, 0.6) is 11.5 Å². The number of aromatic nitrogens is 1. The average Bonchev–Trinajstić information content (AvgIpc) is 2.78. The molecule has 3 aromatic rings. The highest BCUT2D eigenvalue weighted by Crippen LogP contribution is 2.38. The van der Waals surface area contributed by atoms with Crippen LogP contribution in [0.4, 0.5) is 8.78 Å². The van der Waals surface area contributed by atoms with E-state index in [-0.39, 0.29) is 34.1 Å². The second kappa shape index (κ2) is 10.3. The van der Waals surface area contributed by atoms with Gasteiger partial charge in [0.15, 0.2) is 0 Å². The van der Waals surface area contributed by atoms with E-state index in [1.807, 2.05) is 30.3 Å². The van der Waals surface area contributed by atoms with Gasteiger partial charge in [0.2, 0.25) is 0 Å². The summed E-state index contributed by atoms with van der Waals surface area (Å²) in [6, 6.07) is 13.4. The Kier molecular flexibility index (Phi) is 7.48. The Balaban J connectivity index is 2.13. The fourth-order valence-corrected chi connectivity index (χ4v) is 3.50. The standard InChI is InChI=1S/C23H20ClF2NO5/c1-30-20-13-27(18(22(29)31-2)10-14-6-4-3-5-7-14)21(28)12-17(20)16-11-15(24)8-9-19(16)32-23(25)26/h3-9,11-13,18,23H,10H2,1-2H3. The summed E-state index contributed by atoms with van der Waals surface area (Å²) < 4.78 is 41.8. The lowest BCUT2D eigenvalue weighted by Crippen LogP contribution is -2.31. The summed E-state index contributed by atoms with van der Waals surface area (Å²) in [7, 11) is 2.59. The molecule has 0 fully saturated rings. The maximum atomic E-state index is 13.0. The number of rotatable bonds is 8. The lowest BCUT2D eigenvalue weighted by Gasteiger charge is -2.20. The Hall–Kier alpha value is -3.39. The smallest absolute Gasteiger partial charge is 0.387 e. The number of alkyl halides is 2. The van der Waals surface area contributed by atoms with Crippen molar-refractivity contribution in [1.82, 2.24) is 4.57 Å². The number of hydrogen-bond acceptors (Lipinski definition) is 5. The van der Waals surface area contributed by atoms with Crippen LogP contribution >= 0.6 is 11.6 Å². The molecule has 1 unspecified atom stereocenters. The summed E-state index contributed by atoms with van der Waals surface area (Å²) in [5.41, 5.74) is 0.599. The molecule has 1 aromatic heterocycles. The van der Waals surface area contributed by atoms with Gasteiger partial charge in [0.1, 0.15) is 17.5 Å². The minimum absolute atomic E-state index is 0.150. The van der Waals surface area contributed by atoms with Crippen molar-refractivity contribution in [2.24, 2.45) is 0 Å². The van der Waals surface area contributed by atoms with E-state index in [0.717, 1.165) is 5.56 Å². The van der Waals surface area contributed by atoms with Crippen LogP contribution < -0.4 is 15.0 Å². The predicted molar refractivity (Wildman–Crippen MR) is 116 cm³/mol. The van der Waals surface area contributed by atoms with E-state index in [1.165, 1.54) is 49.2 Å². The van der Waals surface area contributed by atoms with Gasteiger partial charge >= 0.3 is 12.6 Å². The van der Waals surface area contributed by atoms with E-state index >= 15 is 0 Å². The molecule has 168 valence electrons. The number of halogens is 3. The van der Waals surface area contributed by atoms with Crippen molar-refractivity contribution < 1.29 is 27.8 Å². The van der Waals surface area contributed by atoms with Crippen molar-refractivity contribution >= 4 is 17.6 Å². The molecular weight excluding hydrogens is 444 g/mol. The molecule has 2 aromatic carbocycles. The normalized spacial score (nSPS) is 11.8. The van der Waals surface area contributed by atoms with Gasteiger partial charge in [-0.05, 0) is 23.8 Å². The van der Waals surface area contributed by atoms with Crippen molar-refractivity contribution in [2.45, 2.75) is 19.1 Å². The molecule has 0 saturated heterocycles. The largest absolute Gasteiger partial charge is 0.495 e. The van der Waals surface area contributed by atoms with E-state index in [0.29, 0.717) is 0 Å². The van der Waals surface area contributed by atoms with Crippen LogP contribution in [-0.4, -0.2) is 31.4 Å². The number of pyridine rings is 1. The first kappa shape index (κ1) is 23.3. The maximum absolute atomic E-state index is 13.0. The van der Waals surface area contributed by atoms with Crippen molar-refractivity contribution in [3.63, 3.8) is 0 Å².